The zero-order chi connectivity index (χ0) is 23.8. The molecule has 9 heteroatoms. The Morgan fingerprint density at radius 2 is 1.85 bits per heavy atom. The molecule has 4 rings (SSSR count). The molecule has 1 atom stereocenters. The molecule has 2 heterocycles. The molecule has 5 nitrogen and oxygen atoms in total. The first-order valence-electron chi connectivity index (χ1n) is 11.2. The van der Waals surface area contributed by atoms with Crippen molar-refractivity contribution in [3.05, 3.63) is 63.4 Å². The number of likely N-dealkylation sites (tertiary alicyclic amines) is 1. The minimum absolute atomic E-state index is 0.308. The Hall–Kier alpha value is -1.38. The number of fused-ring (bicyclic) bond motifs is 2. The summed E-state index contributed by atoms with van der Waals surface area (Å²) in [6.07, 6.45) is 3.80. The number of nitrogens with zero attached hydrogens (tertiary/aromatic N) is 2. The number of nitrogens with one attached hydrogen (secondary N) is 1. The third-order valence-corrected chi connectivity index (χ3v) is 8.98. The summed E-state index contributed by atoms with van der Waals surface area (Å²) >= 11 is 12.3. The van der Waals surface area contributed by atoms with E-state index in [4.69, 9.17) is 23.2 Å². The average molecular weight is 514 g/mol. The van der Waals surface area contributed by atoms with Gasteiger partial charge in [-0.05, 0) is 93.3 Å². The first-order chi connectivity index (χ1) is 15.6. The molecule has 0 saturated carbocycles. The second-order valence-electron chi connectivity index (χ2n) is 9.27. The SMILES string of the molecule is CNC[C@@H](CCN1CCC2(CC1)CN(S(C)(=O)=O)c1ccc(F)cc12)c1ccc(Cl)c(Cl)c1. The van der Waals surface area contributed by atoms with Gasteiger partial charge in [0, 0.05) is 18.5 Å². The van der Waals surface area contributed by atoms with Gasteiger partial charge in [0.25, 0.3) is 0 Å². The number of halogens is 3. The summed E-state index contributed by atoms with van der Waals surface area (Å²) in [5.74, 6) is -0.00915. The van der Waals surface area contributed by atoms with Crippen molar-refractivity contribution < 1.29 is 12.8 Å². The number of hydrogen-bond acceptors (Lipinski definition) is 4. The van der Waals surface area contributed by atoms with Crippen molar-refractivity contribution in [2.24, 2.45) is 0 Å². The van der Waals surface area contributed by atoms with Crippen molar-refractivity contribution in [1.29, 1.82) is 0 Å². The van der Waals surface area contributed by atoms with E-state index in [0.29, 0.717) is 28.2 Å². The maximum absolute atomic E-state index is 14.1. The molecule has 0 amide bonds. The highest BCUT2D eigenvalue weighted by atomic mass is 35.5. The van der Waals surface area contributed by atoms with Crippen LogP contribution in [0.2, 0.25) is 10.0 Å². The average Bonchev–Trinajstić information content (AvgIpc) is 3.08. The van der Waals surface area contributed by atoms with E-state index in [1.165, 1.54) is 22.7 Å². The second-order valence-corrected chi connectivity index (χ2v) is 12.0. The highest BCUT2D eigenvalue weighted by Gasteiger charge is 2.47. The third-order valence-electron chi connectivity index (χ3n) is 7.12. The predicted octanol–water partition coefficient (Wildman–Crippen LogP) is 4.64. The molecular weight excluding hydrogens is 484 g/mol. The molecule has 2 aromatic rings. The monoisotopic (exact) mass is 513 g/mol. The Balaban J connectivity index is 1.44. The van der Waals surface area contributed by atoms with Gasteiger partial charge >= 0.3 is 0 Å². The van der Waals surface area contributed by atoms with Gasteiger partial charge < -0.3 is 10.2 Å². The highest BCUT2D eigenvalue weighted by Crippen LogP contribution is 2.48. The summed E-state index contributed by atoms with van der Waals surface area (Å²) in [5, 5.41) is 4.39. The maximum atomic E-state index is 14.1. The zero-order valence-corrected chi connectivity index (χ0v) is 21.3. The summed E-state index contributed by atoms with van der Waals surface area (Å²) in [5.41, 5.74) is 2.29. The van der Waals surface area contributed by atoms with E-state index in [1.54, 1.807) is 6.07 Å². The van der Waals surface area contributed by atoms with E-state index in [-0.39, 0.29) is 11.2 Å². The minimum Gasteiger partial charge on any atom is -0.319 e. The lowest BCUT2D eigenvalue weighted by molar-refractivity contribution is 0.163. The summed E-state index contributed by atoms with van der Waals surface area (Å²) in [4.78, 5) is 2.42. The molecule has 2 aliphatic heterocycles. The van der Waals surface area contributed by atoms with E-state index in [1.807, 2.05) is 25.2 Å². The van der Waals surface area contributed by atoms with Crippen LogP contribution in [-0.4, -0.2) is 59.3 Å². The van der Waals surface area contributed by atoms with E-state index in [0.717, 1.165) is 56.6 Å². The predicted molar refractivity (Wildman–Crippen MR) is 134 cm³/mol. The number of hydrogen-bond donors (Lipinski definition) is 1. The van der Waals surface area contributed by atoms with Crippen LogP contribution in [0.15, 0.2) is 36.4 Å². The van der Waals surface area contributed by atoms with Crippen molar-refractivity contribution in [1.82, 2.24) is 10.2 Å². The van der Waals surface area contributed by atoms with Gasteiger partial charge in [-0.3, -0.25) is 4.31 Å². The van der Waals surface area contributed by atoms with Crippen molar-refractivity contribution >= 4 is 38.9 Å². The molecule has 0 radical (unpaired) electrons. The summed E-state index contributed by atoms with van der Waals surface area (Å²) < 4.78 is 40.3. The fraction of sp³-hybridized carbons (Fsp3) is 0.500. The molecule has 1 N–H and O–H groups in total. The molecule has 0 bridgehead atoms. The van der Waals surface area contributed by atoms with Crippen LogP contribution in [0, 0.1) is 5.82 Å². The number of sulfonamides is 1. The first-order valence-corrected chi connectivity index (χ1v) is 13.8. The van der Waals surface area contributed by atoms with Crippen LogP contribution in [0.5, 0.6) is 0 Å². The second kappa shape index (κ2) is 9.70. The fourth-order valence-corrected chi connectivity index (χ4v) is 6.57. The smallest absolute Gasteiger partial charge is 0.232 e. The van der Waals surface area contributed by atoms with Gasteiger partial charge in [-0.15, -0.1) is 0 Å². The number of likely N-dealkylation sites (N-methyl/N-ethyl adjacent to an activating group) is 1. The van der Waals surface area contributed by atoms with Crippen LogP contribution in [-0.2, 0) is 15.4 Å². The molecular formula is C24H30Cl2FN3O2S. The van der Waals surface area contributed by atoms with Crippen molar-refractivity contribution in [2.45, 2.75) is 30.6 Å². The molecule has 33 heavy (non-hydrogen) atoms. The normalized spacial score (nSPS) is 19.1. The number of rotatable bonds is 7. The molecule has 0 aromatic heterocycles. The molecule has 1 spiro atoms. The van der Waals surface area contributed by atoms with Crippen molar-refractivity contribution in [3.63, 3.8) is 0 Å². The standard InChI is InChI=1S/C24H30Cl2FN3O2S/c1-28-15-18(17-3-5-21(25)22(26)13-17)7-10-29-11-8-24(9-12-29)16-30(33(2,31)32)23-6-4-19(27)14-20(23)24/h3-6,13-14,18,28H,7-12,15-16H2,1-2H3/t18-/m1/s1. The van der Waals surface area contributed by atoms with Crippen LogP contribution in [0.3, 0.4) is 0 Å². The van der Waals surface area contributed by atoms with Crippen LogP contribution < -0.4 is 9.62 Å². The van der Waals surface area contributed by atoms with Crippen molar-refractivity contribution in [2.75, 3.05) is 50.3 Å². The summed E-state index contributed by atoms with van der Waals surface area (Å²) in [6.45, 7) is 3.85. The van der Waals surface area contributed by atoms with Gasteiger partial charge in [0.2, 0.25) is 10.0 Å². The van der Waals surface area contributed by atoms with E-state index in [2.05, 4.69) is 10.2 Å². The lowest BCUT2D eigenvalue weighted by Crippen LogP contribution is -2.46. The molecule has 2 aromatic carbocycles. The largest absolute Gasteiger partial charge is 0.319 e. The molecule has 1 fully saturated rings. The van der Waals surface area contributed by atoms with Gasteiger partial charge in [-0.25, -0.2) is 12.8 Å². The Bertz CT molecular complexity index is 1120. The number of anilines is 1. The van der Waals surface area contributed by atoms with E-state index < -0.39 is 10.0 Å². The Morgan fingerprint density at radius 3 is 2.48 bits per heavy atom. The molecule has 1 saturated heterocycles. The van der Waals surface area contributed by atoms with Crippen LogP contribution >= 0.6 is 23.2 Å². The van der Waals surface area contributed by atoms with Gasteiger partial charge in [0.1, 0.15) is 5.82 Å². The molecule has 180 valence electrons. The molecule has 2 aliphatic rings. The van der Waals surface area contributed by atoms with Gasteiger partial charge in [0.05, 0.1) is 22.0 Å². The minimum atomic E-state index is -3.41. The topological polar surface area (TPSA) is 52.6 Å². The van der Waals surface area contributed by atoms with Crippen molar-refractivity contribution in [3.8, 4) is 0 Å². The fourth-order valence-electron chi connectivity index (χ4n) is 5.26. The van der Waals surface area contributed by atoms with Crippen LogP contribution in [0.4, 0.5) is 10.1 Å². The third kappa shape index (κ3) is 5.17. The molecule has 0 unspecified atom stereocenters. The Morgan fingerprint density at radius 1 is 1.12 bits per heavy atom. The van der Waals surface area contributed by atoms with E-state index in [9.17, 15) is 12.8 Å². The lowest BCUT2D eigenvalue weighted by atomic mass is 9.74. The summed E-state index contributed by atoms with van der Waals surface area (Å²) in [6, 6.07) is 10.3. The lowest BCUT2D eigenvalue weighted by Gasteiger charge is -2.40. The van der Waals surface area contributed by atoms with Crippen LogP contribution in [0.1, 0.15) is 36.3 Å². The summed E-state index contributed by atoms with van der Waals surface area (Å²) in [7, 11) is -1.47. The number of piperidine rings is 1. The first kappa shape index (κ1) is 24.7. The van der Waals surface area contributed by atoms with Crippen LogP contribution in [0.25, 0.3) is 0 Å². The van der Waals surface area contributed by atoms with Gasteiger partial charge in [-0.2, -0.15) is 0 Å². The van der Waals surface area contributed by atoms with Gasteiger partial charge in [0.15, 0.2) is 0 Å². The molecule has 0 aliphatic carbocycles. The highest BCUT2D eigenvalue weighted by molar-refractivity contribution is 7.92. The quantitative estimate of drug-likeness (QED) is 0.585. The Kier molecular flexibility index (Phi) is 7.27. The number of benzene rings is 2. The zero-order valence-electron chi connectivity index (χ0n) is 19.0. The van der Waals surface area contributed by atoms with E-state index >= 15 is 0 Å². The maximum Gasteiger partial charge on any atom is 0.232 e. The van der Waals surface area contributed by atoms with Gasteiger partial charge in [-0.1, -0.05) is 29.3 Å². The Labute approximate surface area is 205 Å².